The van der Waals surface area contributed by atoms with Crippen LogP contribution in [0.3, 0.4) is 0 Å². The van der Waals surface area contributed by atoms with Gasteiger partial charge in [-0.2, -0.15) is 0 Å². The molecule has 0 N–H and O–H groups in total. The highest BCUT2D eigenvalue weighted by Gasteiger charge is 2.22. The molecule has 144 valence electrons. The molecule has 4 rings (SSSR count). The first kappa shape index (κ1) is 18.6. The number of hydrogen-bond acceptors (Lipinski definition) is 4. The van der Waals surface area contributed by atoms with Crippen molar-refractivity contribution in [2.45, 2.75) is 12.8 Å². The first-order chi connectivity index (χ1) is 14.1. The lowest BCUT2D eigenvalue weighted by Crippen LogP contribution is -2.23. The molecule has 29 heavy (non-hydrogen) atoms. The molecule has 3 aromatic carbocycles. The summed E-state index contributed by atoms with van der Waals surface area (Å²) in [6.07, 6.45) is 1.41. The van der Waals surface area contributed by atoms with Crippen molar-refractivity contribution in [3.05, 3.63) is 95.6 Å². The first-order valence-electron chi connectivity index (χ1n) is 9.45. The molecule has 3 aromatic rings. The Bertz CT molecular complexity index is 1060. The summed E-state index contributed by atoms with van der Waals surface area (Å²) in [6.45, 7) is 0.701. The van der Waals surface area contributed by atoms with Crippen LogP contribution < -0.4 is 9.64 Å². The maximum absolute atomic E-state index is 12.8. The molecule has 0 aliphatic carbocycles. The molecule has 1 aliphatic heterocycles. The zero-order chi connectivity index (χ0) is 20.2. The third-order valence-corrected chi connectivity index (χ3v) is 4.86. The molecule has 1 amide bonds. The monoisotopic (exact) mass is 385 g/mol. The number of carbonyl (C=O) groups is 3. The number of ketones is 1. The van der Waals surface area contributed by atoms with Crippen LogP contribution in [0.4, 0.5) is 5.69 Å². The smallest absolute Gasteiger partial charge is 0.344 e. The van der Waals surface area contributed by atoms with Gasteiger partial charge < -0.3 is 9.64 Å². The zero-order valence-electron chi connectivity index (χ0n) is 15.7. The lowest BCUT2D eigenvalue weighted by atomic mass is 9.98. The Morgan fingerprint density at radius 3 is 2.10 bits per heavy atom. The van der Waals surface area contributed by atoms with Crippen LogP contribution in [0.25, 0.3) is 0 Å². The van der Waals surface area contributed by atoms with Crippen LogP contribution in [0, 0.1) is 0 Å². The Morgan fingerprint density at radius 2 is 1.45 bits per heavy atom. The molecule has 0 aromatic heterocycles. The number of anilines is 1. The largest absolute Gasteiger partial charge is 0.423 e. The van der Waals surface area contributed by atoms with Crippen molar-refractivity contribution in [3.63, 3.8) is 0 Å². The quantitative estimate of drug-likeness (QED) is 0.374. The van der Waals surface area contributed by atoms with Crippen LogP contribution in [-0.4, -0.2) is 24.2 Å². The SMILES string of the molecule is O=C(Oc1ccc(N2CCCC2=O)cc1)c1ccccc1C(=O)c1ccccc1. The fourth-order valence-electron chi connectivity index (χ4n) is 3.38. The van der Waals surface area contributed by atoms with E-state index < -0.39 is 5.97 Å². The standard InChI is InChI=1S/C24H19NO4/c26-22-11-6-16-25(22)18-12-14-19(15-13-18)29-24(28)21-10-5-4-9-20(21)23(27)17-7-2-1-3-8-17/h1-5,7-10,12-15H,6,11,16H2. The summed E-state index contributed by atoms with van der Waals surface area (Å²) >= 11 is 0. The van der Waals surface area contributed by atoms with Gasteiger partial charge in [0, 0.05) is 29.8 Å². The Hall–Kier alpha value is -3.73. The van der Waals surface area contributed by atoms with E-state index in [4.69, 9.17) is 4.74 Å². The minimum absolute atomic E-state index is 0.100. The maximum atomic E-state index is 12.8. The number of ether oxygens (including phenoxy) is 1. The first-order valence-corrected chi connectivity index (χ1v) is 9.45. The molecule has 0 radical (unpaired) electrons. The van der Waals surface area contributed by atoms with E-state index in [0.29, 0.717) is 29.8 Å². The predicted octanol–water partition coefficient (Wildman–Crippen LogP) is 4.26. The summed E-state index contributed by atoms with van der Waals surface area (Å²) < 4.78 is 5.48. The fraction of sp³-hybridized carbons (Fsp3) is 0.125. The number of esters is 1. The maximum Gasteiger partial charge on any atom is 0.344 e. The molecule has 0 saturated carbocycles. The molecule has 1 fully saturated rings. The van der Waals surface area contributed by atoms with Gasteiger partial charge in [-0.25, -0.2) is 4.79 Å². The van der Waals surface area contributed by atoms with Gasteiger partial charge in [-0.3, -0.25) is 9.59 Å². The molecule has 0 spiro atoms. The van der Waals surface area contributed by atoms with Crippen LogP contribution >= 0.6 is 0 Å². The molecule has 0 unspecified atom stereocenters. The third kappa shape index (κ3) is 3.94. The van der Waals surface area contributed by atoms with Gasteiger partial charge in [-0.15, -0.1) is 0 Å². The van der Waals surface area contributed by atoms with Crippen molar-refractivity contribution in [2.24, 2.45) is 0 Å². The molecule has 1 heterocycles. The van der Waals surface area contributed by atoms with Crippen LogP contribution in [0.2, 0.25) is 0 Å². The third-order valence-electron chi connectivity index (χ3n) is 4.86. The van der Waals surface area contributed by atoms with Gasteiger partial charge in [0.15, 0.2) is 5.78 Å². The van der Waals surface area contributed by atoms with E-state index in [-0.39, 0.29) is 17.3 Å². The Morgan fingerprint density at radius 1 is 0.793 bits per heavy atom. The summed E-state index contributed by atoms with van der Waals surface area (Å²) in [5.74, 6) is -0.383. The second-order valence-electron chi connectivity index (χ2n) is 6.77. The topological polar surface area (TPSA) is 63.7 Å². The Labute approximate surface area is 168 Å². The van der Waals surface area contributed by atoms with Crippen molar-refractivity contribution in [2.75, 3.05) is 11.4 Å². The molecule has 1 aliphatic rings. The average Bonchev–Trinajstić information content (AvgIpc) is 3.20. The van der Waals surface area contributed by atoms with Gasteiger partial charge in [0.05, 0.1) is 5.56 Å². The molecule has 0 atom stereocenters. The summed E-state index contributed by atoms with van der Waals surface area (Å²) in [7, 11) is 0. The van der Waals surface area contributed by atoms with E-state index in [0.717, 1.165) is 12.1 Å². The molecule has 1 saturated heterocycles. The average molecular weight is 385 g/mol. The van der Waals surface area contributed by atoms with E-state index in [9.17, 15) is 14.4 Å². The Balaban J connectivity index is 1.53. The second kappa shape index (κ2) is 8.10. The molecular weight excluding hydrogens is 366 g/mol. The fourth-order valence-corrected chi connectivity index (χ4v) is 3.38. The van der Waals surface area contributed by atoms with E-state index in [2.05, 4.69) is 0 Å². The summed E-state index contributed by atoms with van der Waals surface area (Å²) in [5, 5.41) is 0. The van der Waals surface area contributed by atoms with E-state index in [1.54, 1.807) is 77.7 Å². The van der Waals surface area contributed by atoms with Crippen LogP contribution in [0.1, 0.15) is 39.1 Å². The highest BCUT2D eigenvalue weighted by atomic mass is 16.5. The van der Waals surface area contributed by atoms with Gasteiger partial charge in [0.1, 0.15) is 5.75 Å². The van der Waals surface area contributed by atoms with Gasteiger partial charge in [0.25, 0.3) is 0 Å². The predicted molar refractivity (Wildman–Crippen MR) is 109 cm³/mol. The number of hydrogen-bond donors (Lipinski definition) is 0. The van der Waals surface area contributed by atoms with Gasteiger partial charge in [0.2, 0.25) is 5.91 Å². The van der Waals surface area contributed by atoms with Crippen molar-refractivity contribution < 1.29 is 19.1 Å². The second-order valence-corrected chi connectivity index (χ2v) is 6.77. The van der Waals surface area contributed by atoms with Gasteiger partial charge in [-0.05, 0) is 36.8 Å². The van der Waals surface area contributed by atoms with Crippen molar-refractivity contribution in [3.8, 4) is 5.75 Å². The minimum Gasteiger partial charge on any atom is -0.423 e. The lowest BCUT2D eigenvalue weighted by Gasteiger charge is -2.16. The van der Waals surface area contributed by atoms with Crippen molar-refractivity contribution in [1.29, 1.82) is 0 Å². The molecular formula is C24H19NO4. The number of benzene rings is 3. The van der Waals surface area contributed by atoms with Crippen LogP contribution in [0.5, 0.6) is 5.75 Å². The highest BCUT2D eigenvalue weighted by molar-refractivity contribution is 6.14. The van der Waals surface area contributed by atoms with Crippen LogP contribution in [-0.2, 0) is 4.79 Å². The lowest BCUT2D eigenvalue weighted by molar-refractivity contribution is -0.117. The zero-order valence-corrected chi connectivity index (χ0v) is 15.7. The van der Waals surface area contributed by atoms with Crippen molar-refractivity contribution >= 4 is 23.3 Å². The van der Waals surface area contributed by atoms with Gasteiger partial charge in [-0.1, -0.05) is 48.5 Å². The van der Waals surface area contributed by atoms with E-state index in [1.165, 1.54) is 0 Å². The van der Waals surface area contributed by atoms with E-state index >= 15 is 0 Å². The van der Waals surface area contributed by atoms with Crippen LogP contribution in [0.15, 0.2) is 78.9 Å². The number of carbonyl (C=O) groups excluding carboxylic acids is 3. The summed E-state index contributed by atoms with van der Waals surface area (Å²) in [5.41, 5.74) is 1.79. The minimum atomic E-state index is -0.602. The van der Waals surface area contributed by atoms with Crippen molar-refractivity contribution in [1.82, 2.24) is 0 Å². The number of nitrogens with zero attached hydrogens (tertiary/aromatic N) is 1. The molecule has 0 bridgehead atoms. The summed E-state index contributed by atoms with van der Waals surface area (Å²) in [4.78, 5) is 39.1. The molecule has 5 heteroatoms. The normalized spacial score (nSPS) is 13.4. The number of rotatable bonds is 5. The van der Waals surface area contributed by atoms with Gasteiger partial charge >= 0.3 is 5.97 Å². The molecule has 5 nitrogen and oxygen atoms in total. The highest BCUT2D eigenvalue weighted by Crippen LogP contribution is 2.25. The van der Waals surface area contributed by atoms with E-state index in [1.807, 2.05) is 6.07 Å². The number of amides is 1. The summed E-state index contributed by atoms with van der Waals surface area (Å²) in [6, 6.07) is 22.2. The Kier molecular flexibility index (Phi) is 5.20.